The number of ketones is 3. The fourth-order valence-electron chi connectivity index (χ4n) is 4.63. The Morgan fingerprint density at radius 1 is 0.593 bits per heavy atom. The van der Waals surface area contributed by atoms with Gasteiger partial charge in [-0.15, -0.1) is 0 Å². The number of likely N-dealkylation sites (N-methyl/N-ethyl adjacent to an activating group) is 3. The van der Waals surface area contributed by atoms with Crippen molar-refractivity contribution in [1.29, 1.82) is 0 Å². The molecule has 0 bridgehead atoms. The molecule has 6 atom stereocenters. The van der Waals surface area contributed by atoms with Crippen LogP contribution < -0.4 is 16.0 Å². The molecule has 0 aliphatic heterocycles. The third-order valence-electron chi connectivity index (χ3n) is 7.60. The van der Waals surface area contributed by atoms with Crippen LogP contribution in [0.5, 0.6) is 0 Å². The van der Waals surface area contributed by atoms with E-state index in [9.17, 15) is 14.4 Å². The van der Waals surface area contributed by atoms with Crippen LogP contribution in [-0.2, 0) is 14.4 Å². The van der Waals surface area contributed by atoms with Crippen molar-refractivity contribution in [2.45, 2.75) is 77.4 Å². The van der Waals surface area contributed by atoms with Gasteiger partial charge in [-0.05, 0) is 0 Å². The minimum absolute atomic E-state index is 0.0139. The molecule has 3 aliphatic carbocycles. The van der Waals surface area contributed by atoms with Crippen molar-refractivity contribution in [1.82, 2.24) is 0 Å². The minimum atomic E-state index is -0.0139. The molecule has 0 spiro atoms. The molecule has 3 rings (SSSR count). The molecule has 0 aromatic rings. The first-order valence-electron chi connectivity index (χ1n) is 10.3. The van der Waals surface area contributed by atoms with Crippen molar-refractivity contribution in [2.24, 2.45) is 17.8 Å². The van der Waals surface area contributed by atoms with E-state index in [4.69, 9.17) is 0 Å². The fourth-order valence-corrected chi connectivity index (χ4v) is 4.63. The Hall–Kier alpha value is -1.11. The first-order chi connectivity index (χ1) is 12.4. The summed E-state index contributed by atoms with van der Waals surface area (Å²) in [5, 5.41) is 6.12. The predicted octanol–water partition coefficient (Wildman–Crippen LogP) is -1.36. The summed E-state index contributed by atoms with van der Waals surface area (Å²) >= 11 is 0. The average Bonchev–Trinajstić information content (AvgIpc) is 3.52. The zero-order chi connectivity index (χ0) is 21.2. The lowest BCUT2D eigenvalue weighted by Gasteiger charge is -2.05. The number of Topliss-reactive ketones (excluding diaryl/α,β-unsaturated/α-hetero) is 3. The highest BCUT2D eigenvalue weighted by molar-refractivity contribution is 5.88. The van der Waals surface area contributed by atoms with Crippen molar-refractivity contribution < 1.29 is 30.3 Å². The topological polar surface area (TPSA) is 101 Å². The standard InChI is InChI=1S/3C7H13NO/c3*1-5-4-7(5,8-3)6(2)9/h3*5,8H,4H2,1-3H3/p+3/t3*5?,7-/m111/s1. The van der Waals surface area contributed by atoms with Gasteiger partial charge in [0.1, 0.15) is 0 Å². The summed E-state index contributed by atoms with van der Waals surface area (Å²) in [6, 6.07) is 0. The number of hydrogen-bond acceptors (Lipinski definition) is 3. The summed E-state index contributed by atoms with van der Waals surface area (Å²) in [4.78, 5) is 32.8. The fraction of sp³-hybridized carbons (Fsp3) is 0.857. The van der Waals surface area contributed by atoms with Gasteiger partial charge in [0.25, 0.3) is 0 Å². The molecule has 6 heteroatoms. The smallest absolute Gasteiger partial charge is 0.190 e. The molecule has 0 aromatic carbocycles. The molecule has 0 aromatic heterocycles. The summed E-state index contributed by atoms with van der Waals surface area (Å²) in [5.74, 6) is 2.78. The monoisotopic (exact) mass is 384 g/mol. The maximum Gasteiger partial charge on any atom is 0.190 e. The van der Waals surface area contributed by atoms with Crippen molar-refractivity contribution in [2.75, 3.05) is 21.1 Å². The third kappa shape index (κ3) is 4.66. The van der Waals surface area contributed by atoms with Gasteiger partial charge in [0.15, 0.2) is 34.0 Å². The number of carbonyl (C=O) groups excluding carboxylic acids is 3. The Morgan fingerprint density at radius 2 is 0.741 bits per heavy atom. The molecule has 156 valence electrons. The number of hydrogen-bond donors (Lipinski definition) is 3. The lowest BCUT2D eigenvalue weighted by molar-refractivity contribution is -0.666. The molecule has 3 unspecified atom stereocenters. The summed E-state index contributed by atoms with van der Waals surface area (Å²) in [7, 11) is 5.93. The van der Waals surface area contributed by atoms with Crippen LogP contribution in [0.1, 0.15) is 60.8 Å². The van der Waals surface area contributed by atoms with Crippen LogP contribution in [0.25, 0.3) is 0 Å². The zero-order valence-electron chi connectivity index (χ0n) is 18.8. The maximum absolute atomic E-state index is 10.9. The Labute approximate surface area is 164 Å². The van der Waals surface area contributed by atoms with E-state index in [2.05, 4.69) is 20.8 Å². The van der Waals surface area contributed by atoms with Crippen LogP contribution in [0.4, 0.5) is 0 Å². The van der Waals surface area contributed by atoms with Gasteiger partial charge in [-0.1, -0.05) is 20.8 Å². The second-order valence-corrected chi connectivity index (χ2v) is 8.97. The van der Waals surface area contributed by atoms with E-state index in [0.717, 1.165) is 19.3 Å². The molecule has 3 fully saturated rings. The van der Waals surface area contributed by atoms with Crippen molar-refractivity contribution >= 4 is 17.3 Å². The minimum Gasteiger partial charge on any atom is -0.337 e. The number of carbonyl (C=O) groups is 3. The molecule has 6 nitrogen and oxygen atoms in total. The normalized spacial score (nSPS) is 40.6. The lowest BCUT2D eigenvalue weighted by Crippen LogP contribution is -2.91. The SMILES string of the molecule is C[NH2+][C@]1(C(C)=O)CC1C.C[NH2+][C@]1(C(C)=O)CC1C.C[NH2+][C@]1(C(C)=O)CC1C. The van der Waals surface area contributed by atoms with Crippen LogP contribution in [0.3, 0.4) is 0 Å². The third-order valence-corrected chi connectivity index (χ3v) is 7.60. The predicted molar refractivity (Wildman–Crippen MR) is 105 cm³/mol. The summed E-state index contributed by atoms with van der Waals surface area (Å²) in [5.41, 5.74) is -0.0417. The molecule has 27 heavy (non-hydrogen) atoms. The molecule has 0 radical (unpaired) electrons. The van der Waals surface area contributed by atoms with E-state index in [1.165, 1.54) is 0 Å². The molecular formula is C21H42N3O3+3. The molecule has 0 saturated heterocycles. The first-order valence-corrected chi connectivity index (χ1v) is 10.3. The summed E-state index contributed by atoms with van der Waals surface area (Å²) in [6.07, 6.45) is 3.20. The Balaban J connectivity index is 0.000000202. The summed E-state index contributed by atoms with van der Waals surface area (Å²) < 4.78 is 0. The van der Waals surface area contributed by atoms with Gasteiger partial charge >= 0.3 is 0 Å². The van der Waals surface area contributed by atoms with E-state index < -0.39 is 0 Å². The van der Waals surface area contributed by atoms with Gasteiger partial charge in [-0.3, -0.25) is 14.4 Å². The molecule has 0 amide bonds. The maximum atomic E-state index is 10.9. The lowest BCUT2D eigenvalue weighted by atomic mass is 10.1. The van der Waals surface area contributed by atoms with Crippen LogP contribution in [-0.4, -0.2) is 55.1 Å². The quantitative estimate of drug-likeness (QED) is 0.527. The molecule has 0 heterocycles. The van der Waals surface area contributed by atoms with E-state index >= 15 is 0 Å². The van der Waals surface area contributed by atoms with E-state index in [1.54, 1.807) is 20.8 Å². The summed E-state index contributed by atoms with van der Waals surface area (Å²) in [6.45, 7) is 11.4. The van der Waals surface area contributed by atoms with E-state index in [1.807, 2.05) is 37.1 Å². The van der Waals surface area contributed by atoms with Gasteiger partial charge in [-0.2, -0.15) is 0 Å². The number of quaternary nitrogens is 3. The molecule has 3 aliphatic rings. The van der Waals surface area contributed by atoms with Crippen LogP contribution >= 0.6 is 0 Å². The highest BCUT2D eigenvalue weighted by Crippen LogP contribution is 2.40. The van der Waals surface area contributed by atoms with Crippen molar-refractivity contribution in [3.8, 4) is 0 Å². The van der Waals surface area contributed by atoms with Crippen molar-refractivity contribution in [3.05, 3.63) is 0 Å². The average molecular weight is 385 g/mol. The Morgan fingerprint density at radius 3 is 0.741 bits per heavy atom. The van der Waals surface area contributed by atoms with Gasteiger partial charge in [-0.25, -0.2) is 0 Å². The zero-order valence-corrected chi connectivity index (χ0v) is 18.8. The second kappa shape index (κ2) is 8.50. The van der Waals surface area contributed by atoms with E-state index in [-0.39, 0.29) is 16.6 Å². The molecule has 6 N–H and O–H groups in total. The van der Waals surface area contributed by atoms with Crippen LogP contribution in [0.15, 0.2) is 0 Å². The van der Waals surface area contributed by atoms with Gasteiger partial charge in [0, 0.05) is 57.8 Å². The van der Waals surface area contributed by atoms with Gasteiger partial charge in [0.05, 0.1) is 21.1 Å². The number of rotatable bonds is 6. The van der Waals surface area contributed by atoms with E-state index in [0.29, 0.717) is 35.1 Å². The Bertz CT molecular complexity index is 500. The largest absolute Gasteiger partial charge is 0.337 e. The molecule has 3 saturated carbocycles. The van der Waals surface area contributed by atoms with Crippen molar-refractivity contribution in [3.63, 3.8) is 0 Å². The van der Waals surface area contributed by atoms with Crippen LogP contribution in [0, 0.1) is 17.8 Å². The highest BCUT2D eigenvalue weighted by Gasteiger charge is 2.59. The number of nitrogens with two attached hydrogens (primary N) is 3. The van der Waals surface area contributed by atoms with Crippen LogP contribution in [0.2, 0.25) is 0 Å². The first kappa shape index (κ1) is 23.9. The second-order valence-electron chi connectivity index (χ2n) is 8.97. The Kier molecular flexibility index (Phi) is 7.53. The highest BCUT2D eigenvalue weighted by atomic mass is 16.1. The van der Waals surface area contributed by atoms with Gasteiger partial charge in [0.2, 0.25) is 0 Å². The molecular weight excluding hydrogens is 342 g/mol. The van der Waals surface area contributed by atoms with Gasteiger partial charge < -0.3 is 16.0 Å².